The van der Waals surface area contributed by atoms with Crippen LogP contribution in [0.2, 0.25) is 0 Å². The number of hydrogen-bond donors (Lipinski definition) is 1. The molecule has 0 aromatic carbocycles. The molecule has 2 heterocycles. The average molecular weight is 240 g/mol. The van der Waals surface area contributed by atoms with Gasteiger partial charge in [0, 0.05) is 20.2 Å². The van der Waals surface area contributed by atoms with Crippen LogP contribution in [0.4, 0.5) is 0 Å². The van der Waals surface area contributed by atoms with E-state index in [9.17, 15) is 4.79 Å². The maximum atomic E-state index is 12.2. The van der Waals surface area contributed by atoms with Crippen LogP contribution in [0.3, 0.4) is 0 Å². The van der Waals surface area contributed by atoms with Gasteiger partial charge in [-0.3, -0.25) is 4.79 Å². The number of nitrogens with one attached hydrogen (secondary N) is 1. The Morgan fingerprint density at radius 3 is 2.47 bits per heavy atom. The molecule has 0 bridgehead atoms. The first kappa shape index (κ1) is 12.8. The SMILES string of the molecule is COCC(C)C(=O)N1CC[C@@H]2CNC[C@@H]2CC1. The van der Waals surface area contributed by atoms with E-state index in [-0.39, 0.29) is 11.8 Å². The second kappa shape index (κ2) is 5.83. The first-order valence-corrected chi connectivity index (χ1v) is 6.70. The van der Waals surface area contributed by atoms with Crippen LogP contribution in [0.25, 0.3) is 0 Å². The van der Waals surface area contributed by atoms with E-state index in [1.165, 1.54) is 0 Å². The van der Waals surface area contributed by atoms with Crippen LogP contribution in [0.1, 0.15) is 19.8 Å². The smallest absolute Gasteiger partial charge is 0.227 e. The molecular weight excluding hydrogens is 216 g/mol. The third-order valence-electron chi connectivity index (χ3n) is 4.17. The van der Waals surface area contributed by atoms with Crippen molar-refractivity contribution in [3.8, 4) is 0 Å². The fourth-order valence-corrected chi connectivity index (χ4v) is 3.07. The largest absolute Gasteiger partial charge is 0.384 e. The highest BCUT2D eigenvalue weighted by Crippen LogP contribution is 2.27. The van der Waals surface area contributed by atoms with Gasteiger partial charge in [-0.25, -0.2) is 0 Å². The maximum Gasteiger partial charge on any atom is 0.227 e. The van der Waals surface area contributed by atoms with E-state index in [1.807, 2.05) is 11.8 Å². The van der Waals surface area contributed by atoms with Gasteiger partial charge in [0.1, 0.15) is 0 Å². The van der Waals surface area contributed by atoms with Crippen LogP contribution in [0, 0.1) is 17.8 Å². The third-order valence-corrected chi connectivity index (χ3v) is 4.17. The topological polar surface area (TPSA) is 41.6 Å². The van der Waals surface area contributed by atoms with Crippen molar-refractivity contribution in [2.24, 2.45) is 17.8 Å². The van der Waals surface area contributed by atoms with Gasteiger partial charge in [-0.1, -0.05) is 6.92 Å². The molecule has 2 aliphatic heterocycles. The second-order valence-corrected chi connectivity index (χ2v) is 5.44. The fraction of sp³-hybridized carbons (Fsp3) is 0.923. The van der Waals surface area contributed by atoms with Crippen molar-refractivity contribution in [1.29, 1.82) is 0 Å². The first-order valence-electron chi connectivity index (χ1n) is 6.70. The van der Waals surface area contributed by atoms with E-state index in [1.54, 1.807) is 7.11 Å². The number of methoxy groups -OCH3 is 1. The summed E-state index contributed by atoms with van der Waals surface area (Å²) in [5.41, 5.74) is 0. The van der Waals surface area contributed by atoms with Gasteiger partial charge in [0.25, 0.3) is 0 Å². The third kappa shape index (κ3) is 2.99. The number of amides is 1. The van der Waals surface area contributed by atoms with Gasteiger partial charge < -0.3 is 15.0 Å². The lowest BCUT2D eigenvalue weighted by Crippen LogP contribution is -2.37. The zero-order valence-electron chi connectivity index (χ0n) is 10.9. The summed E-state index contributed by atoms with van der Waals surface area (Å²) in [5.74, 6) is 1.83. The molecule has 0 saturated carbocycles. The lowest BCUT2D eigenvalue weighted by molar-refractivity contribution is -0.136. The first-order chi connectivity index (χ1) is 8.22. The lowest BCUT2D eigenvalue weighted by atomic mass is 9.92. The second-order valence-electron chi connectivity index (χ2n) is 5.44. The minimum atomic E-state index is -0.00364. The van der Waals surface area contributed by atoms with Gasteiger partial charge in [-0.2, -0.15) is 0 Å². The van der Waals surface area contributed by atoms with Crippen LogP contribution in [-0.2, 0) is 9.53 Å². The predicted octanol–water partition coefficient (Wildman–Crippen LogP) is 0.727. The van der Waals surface area contributed by atoms with E-state index in [4.69, 9.17) is 4.74 Å². The molecule has 2 rings (SSSR count). The van der Waals surface area contributed by atoms with Gasteiger partial charge in [0.15, 0.2) is 0 Å². The minimum absolute atomic E-state index is 0.00364. The normalized spacial score (nSPS) is 30.8. The van der Waals surface area contributed by atoms with E-state index in [2.05, 4.69) is 5.32 Å². The predicted molar refractivity (Wildman–Crippen MR) is 66.7 cm³/mol. The molecule has 1 unspecified atom stereocenters. The number of likely N-dealkylation sites (tertiary alicyclic amines) is 1. The van der Waals surface area contributed by atoms with Crippen molar-refractivity contribution >= 4 is 5.91 Å². The number of ether oxygens (including phenoxy) is 1. The number of fused-ring (bicyclic) bond motifs is 1. The lowest BCUT2D eigenvalue weighted by Gasteiger charge is -2.24. The van der Waals surface area contributed by atoms with Gasteiger partial charge in [0.05, 0.1) is 12.5 Å². The number of rotatable bonds is 3. The number of nitrogens with zero attached hydrogens (tertiary/aromatic N) is 1. The molecule has 0 aliphatic carbocycles. The summed E-state index contributed by atoms with van der Waals surface area (Å²) in [7, 11) is 1.66. The van der Waals surface area contributed by atoms with Crippen LogP contribution in [-0.4, -0.2) is 50.7 Å². The molecule has 4 nitrogen and oxygen atoms in total. The fourth-order valence-electron chi connectivity index (χ4n) is 3.07. The van der Waals surface area contributed by atoms with Gasteiger partial charge in [0.2, 0.25) is 5.91 Å². The summed E-state index contributed by atoms with van der Waals surface area (Å²) < 4.78 is 5.06. The maximum absolute atomic E-state index is 12.2. The Labute approximate surface area is 104 Å². The molecule has 2 aliphatic rings. The summed E-state index contributed by atoms with van der Waals surface area (Å²) in [4.78, 5) is 14.2. The van der Waals surface area contributed by atoms with Crippen LogP contribution in [0.15, 0.2) is 0 Å². The summed E-state index contributed by atoms with van der Waals surface area (Å²) in [6.45, 7) is 6.62. The standard InChI is InChI=1S/C13H24N2O2/c1-10(9-17-2)13(16)15-5-3-11-7-14-8-12(11)4-6-15/h10-12,14H,3-9H2,1-2H3/t10?,11-,12+. The van der Waals surface area contributed by atoms with Gasteiger partial charge >= 0.3 is 0 Å². The minimum Gasteiger partial charge on any atom is -0.384 e. The van der Waals surface area contributed by atoms with Crippen molar-refractivity contribution in [3.05, 3.63) is 0 Å². The van der Waals surface area contributed by atoms with Crippen molar-refractivity contribution < 1.29 is 9.53 Å². The number of carbonyl (C=O) groups is 1. The zero-order chi connectivity index (χ0) is 12.3. The summed E-state index contributed by atoms with van der Waals surface area (Å²) in [5, 5.41) is 3.46. The molecule has 17 heavy (non-hydrogen) atoms. The molecular formula is C13H24N2O2. The summed E-state index contributed by atoms with van der Waals surface area (Å²) >= 11 is 0. The molecule has 0 spiro atoms. The zero-order valence-corrected chi connectivity index (χ0v) is 10.9. The van der Waals surface area contributed by atoms with Crippen LogP contribution >= 0.6 is 0 Å². The van der Waals surface area contributed by atoms with E-state index >= 15 is 0 Å². The average Bonchev–Trinajstić information content (AvgIpc) is 2.68. The van der Waals surface area contributed by atoms with E-state index < -0.39 is 0 Å². The number of carbonyl (C=O) groups excluding carboxylic acids is 1. The van der Waals surface area contributed by atoms with E-state index in [0.29, 0.717) is 6.61 Å². The quantitative estimate of drug-likeness (QED) is 0.790. The molecule has 0 aromatic heterocycles. The Balaban J connectivity index is 1.88. The molecule has 2 fully saturated rings. The molecule has 4 heteroatoms. The molecule has 98 valence electrons. The van der Waals surface area contributed by atoms with Crippen molar-refractivity contribution in [1.82, 2.24) is 10.2 Å². The highest BCUT2D eigenvalue weighted by Gasteiger charge is 2.32. The molecule has 1 amide bonds. The van der Waals surface area contributed by atoms with Gasteiger partial charge in [-0.05, 0) is 37.8 Å². The van der Waals surface area contributed by atoms with Gasteiger partial charge in [-0.15, -0.1) is 0 Å². The molecule has 0 aromatic rings. The Bertz CT molecular complexity index is 256. The monoisotopic (exact) mass is 240 g/mol. The molecule has 1 N–H and O–H groups in total. The Kier molecular flexibility index (Phi) is 4.40. The number of hydrogen-bond acceptors (Lipinski definition) is 3. The highest BCUT2D eigenvalue weighted by molar-refractivity contribution is 5.78. The van der Waals surface area contributed by atoms with Crippen LogP contribution < -0.4 is 5.32 Å². The molecule has 0 radical (unpaired) electrons. The Morgan fingerprint density at radius 1 is 1.35 bits per heavy atom. The highest BCUT2D eigenvalue weighted by atomic mass is 16.5. The summed E-state index contributed by atoms with van der Waals surface area (Å²) in [6, 6.07) is 0. The van der Waals surface area contributed by atoms with Crippen molar-refractivity contribution in [2.75, 3.05) is 39.9 Å². The van der Waals surface area contributed by atoms with Crippen molar-refractivity contribution in [2.45, 2.75) is 19.8 Å². The van der Waals surface area contributed by atoms with Crippen LogP contribution in [0.5, 0.6) is 0 Å². The Hall–Kier alpha value is -0.610. The molecule has 2 saturated heterocycles. The summed E-state index contributed by atoms with van der Waals surface area (Å²) in [6.07, 6.45) is 2.31. The van der Waals surface area contributed by atoms with Crippen molar-refractivity contribution in [3.63, 3.8) is 0 Å². The molecule has 3 atom stereocenters. The van der Waals surface area contributed by atoms with E-state index in [0.717, 1.165) is 50.9 Å². The Morgan fingerprint density at radius 2 is 1.94 bits per heavy atom.